The highest BCUT2D eigenvalue weighted by Crippen LogP contribution is 2.20. The summed E-state index contributed by atoms with van der Waals surface area (Å²) in [6.07, 6.45) is 3.48. The topological polar surface area (TPSA) is 55.6 Å². The van der Waals surface area contributed by atoms with Crippen LogP contribution in [0.25, 0.3) is 0 Å². The normalized spacial score (nSPS) is 28.5. The number of carbonyl (C=O) groups excluding carboxylic acids is 1. The quantitative estimate of drug-likeness (QED) is 0.699. The predicted octanol–water partition coefficient (Wildman–Crippen LogP) is 0.609. The van der Waals surface area contributed by atoms with E-state index in [2.05, 4.69) is 16.7 Å². The van der Waals surface area contributed by atoms with Gasteiger partial charge >= 0.3 is 5.97 Å². The molecule has 1 heterocycles. The SMILES string of the molecule is COC(=O)CCC1CCN(C)CCC1N. The first-order valence-electron chi connectivity index (χ1n) is 5.64. The lowest BCUT2D eigenvalue weighted by Crippen LogP contribution is -2.30. The average Bonchev–Trinajstić information content (AvgIpc) is 2.39. The Kier molecular flexibility index (Phi) is 5.05. The smallest absolute Gasteiger partial charge is 0.305 e. The summed E-state index contributed by atoms with van der Waals surface area (Å²) in [4.78, 5) is 13.3. The largest absolute Gasteiger partial charge is 0.469 e. The molecule has 4 heteroatoms. The molecular weight excluding hydrogens is 192 g/mol. The number of esters is 1. The molecule has 4 nitrogen and oxygen atoms in total. The van der Waals surface area contributed by atoms with Gasteiger partial charge in [0.1, 0.15) is 0 Å². The van der Waals surface area contributed by atoms with Gasteiger partial charge in [-0.25, -0.2) is 0 Å². The zero-order valence-corrected chi connectivity index (χ0v) is 9.74. The van der Waals surface area contributed by atoms with Crippen molar-refractivity contribution in [2.75, 3.05) is 27.2 Å². The van der Waals surface area contributed by atoms with Crippen LogP contribution in [0, 0.1) is 5.92 Å². The Morgan fingerprint density at radius 1 is 1.47 bits per heavy atom. The second-order valence-corrected chi connectivity index (χ2v) is 4.42. The van der Waals surface area contributed by atoms with E-state index < -0.39 is 0 Å². The van der Waals surface area contributed by atoms with Crippen molar-refractivity contribution in [3.05, 3.63) is 0 Å². The van der Waals surface area contributed by atoms with Crippen molar-refractivity contribution in [1.29, 1.82) is 0 Å². The zero-order valence-electron chi connectivity index (χ0n) is 9.74. The predicted molar refractivity (Wildman–Crippen MR) is 59.4 cm³/mol. The first kappa shape index (κ1) is 12.5. The van der Waals surface area contributed by atoms with Gasteiger partial charge in [-0.2, -0.15) is 0 Å². The Morgan fingerprint density at radius 3 is 2.80 bits per heavy atom. The lowest BCUT2D eigenvalue weighted by atomic mass is 9.91. The number of hydrogen-bond acceptors (Lipinski definition) is 4. The summed E-state index contributed by atoms with van der Waals surface area (Å²) >= 11 is 0. The van der Waals surface area contributed by atoms with Crippen LogP contribution >= 0.6 is 0 Å². The number of ether oxygens (including phenoxy) is 1. The first-order valence-corrected chi connectivity index (χ1v) is 5.64. The van der Waals surface area contributed by atoms with Crippen LogP contribution in [-0.2, 0) is 9.53 Å². The summed E-state index contributed by atoms with van der Waals surface area (Å²) in [6.45, 7) is 2.15. The molecule has 0 amide bonds. The summed E-state index contributed by atoms with van der Waals surface area (Å²) < 4.78 is 4.64. The fraction of sp³-hybridized carbons (Fsp3) is 0.909. The van der Waals surface area contributed by atoms with Crippen molar-refractivity contribution in [3.8, 4) is 0 Å². The number of methoxy groups -OCH3 is 1. The van der Waals surface area contributed by atoms with Crippen LogP contribution in [0.1, 0.15) is 25.7 Å². The maximum atomic E-state index is 11.0. The summed E-state index contributed by atoms with van der Waals surface area (Å²) in [5.74, 6) is 0.342. The first-order chi connectivity index (χ1) is 7.13. The number of nitrogens with two attached hydrogens (primary N) is 1. The molecule has 1 fully saturated rings. The second kappa shape index (κ2) is 6.08. The van der Waals surface area contributed by atoms with E-state index in [1.807, 2.05) is 0 Å². The van der Waals surface area contributed by atoms with E-state index in [4.69, 9.17) is 5.73 Å². The molecule has 0 radical (unpaired) electrons. The zero-order chi connectivity index (χ0) is 11.3. The lowest BCUT2D eigenvalue weighted by molar-refractivity contribution is -0.141. The molecule has 0 aromatic rings. The Labute approximate surface area is 91.8 Å². The maximum Gasteiger partial charge on any atom is 0.305 e. The average molecular weight is 214 g/mol. The molecule has 1 aliphatic heterocycles. The van der Waals surface area contributed by atoms with Gasteiger partial charge in [0.2, 0.25) is 0 Å². The third-order valence-corrected chi connectivity index (χ3v) is 3.28. The van der Waals surface area contributed by atoms with E-state index in [-0.39, 0.29) is 12.0 Å². The van der Waals surface area contributed by atoms with Gasteiger partial charge in [0, 0.05) is 12.5 Å². The van der Waals surface area contributed by atoms with Crippen LogP contribution in [0.5, 0.6) is 0 Å². The Morgan fingerprint density at radius 2 is 2.13 bits per heavy atom. The van der Waals surface area contributed by atoms with E-state index >= 15 is 0 Å². The molecule has 2 N–H and O–H groups in total. The molecule has 1 rings (SSSR count). The van der Waals surface area contributed by atoms with Crippen LogP contribution < -0.4 is 5.73 Å². The van der Waals surface area contributed by atoms with Crippen LogP contribution in [0.2, 0.25) is 0 Å². The van der Waals surface area contributed by atoms with Crippen molar-refractivity contribution in [3.63, 3.8) is 0 Å². The van der Waals surface area contributed by atoms with E-state index in [0.717, 1.165) is 32.4 Å². The highest BCUT2D eigenvalue weighted by atomic mass is 16.5. The Balaban J connectivity index is 2.35. The minimum absolute atomic E-state index is 0.125. The number of likely N-dealkylation sites (tertiary alicyclic amines) is 1. The van der Waals surface area contributed by atoms with Gasteiger partial charge in [0.25, 0.3) is 0 Å². The van der Waals surface area contributed by atoms with Gasteiger partial charge in [-0.1, -0.05) is 0 Å². The minimum atomic E-state index is -0.125. The Hall–Kier alpha value is -0.610. The van der Waals surface area contributed by atoms with Crippen LogP contribution in [0.15, 0.2) is 0 Å². The van der Waals surface area contributed by atoms with Crippen molar-refractivity contribution < 1.29 is 9.53 Å². The molecule has 0 aromatic heterocycles. The van der Waals surface area contributed by atoms with Crippen LogP contribution in [-0.4, -0.2) is 44.2 Å². The van der Waals surface area contributed by atoms with E-state index in [9.17, 15) is 4.79 Å². The summed E-state index contributed by atoms with van der Waals surface area (Å²) in [5.41, 5.74) is 6.09. The third kappa shape index (κ3) is 4.18. The molecule has 88 valence electrons. The molecule has 0 aliphatic carbocycles. The Bertz CT molecular complexity index is 209. The van der Waals surface area contributed by atoms with Gasteiger partial charge in [-0.15, -0.1) is 0 Å². The van der Waals surface area contributed by atoms with Gasteiger partial charge < -0.3 is 15.4 Å². The maximum absolute atomic E-state index is 11.0. The van der Waals surface area contributed by atoms with Gasteiger partial charge in [-0.05, 0) is 45.3 Å². The fourth-order valence-electron chi connectivity index (χ4n) is 2.08. The van der Waals surface area contributed by atoms with Crippen molar-refractivity contribution in [1.82, 2.24) is 4.90 Å². The molecular formula is C11H22N2O2. The number of hydrogen-bond donors (Lipinski definition) is 1. The molecule has 0 bridgehead atoms. The molecule has 15 heavy (non-hydrogen) atoms. The standard InChI is InChI=1S/C11H22N2O2/c1-13-7-5-9(10(12)6-8-13)3-4-11(14)15-2/h9-10H,3-8,12H2,1-2H3. The molecule has 2 atom stereocenters. The number of rotatable bonds is 3. The summed E-state index contributed by atoms with van der Waals surface area (Å²) in [6, 6.07) is 0.236. The van der Waals surface area contributed by atoms with Gasteiger partial charge in [-0.3, -0.25) is 4.79 Å². The van der Waals surface area contributed by atoms with Gasteiger partial charge in [0.15, 0.2) is 0 Å². The molecule has 0 aromatic carbocycles. The lowest BCUT2D eigenvalue weighted by Gasteiger charge is -2.19. The van der Waals surface area contributed by atoms with E-state index in [1.54, 1.807) is 0 Å². The number of carbonyl (C=O) groups is 1. The molecule has 1 saturated heterocycles. The van der Waals surface area contributed by atoms with E-state index in [1.165, 1.54) is 7.11 Å². The fourth-order valence-corrected chi connectivity index (χ4v) is 2.08. The third-order valence-electron chi connectivity index (χ3n) is 3.28. The van der Waals surface area contributed by atoms with Crippen molar-refractivity contribution in [2.24, 2.45) is 11.7 Å². The van der Waals surface area contributed by atoms with Crippen LogP contribution in [0.3, 0.4) is 0 Å². The summed E-state index contributed by atoms with van der Waals surface area (Å²) in [7, 11) is 3.55. The molecule has 2 unspecified atom stereocenters. The summed E-state index contributed by atoms with van der Waals surface area (Å²) in [5, 5.41) is 0. The molecule has 0 spiro atoms. The monoisotopic (exact) mass is 214 g/mol. The molecule has 1 aliphatic rings. The molecule has 0 saturated carbocycles. The number of nitrogens with zero attached hydrogens (tertiary/aromatic N) is 1. The van der Waals surface area contributed by atoms with E-state index in [0.29, 0.717) is 12.3 Å². The second-order valence-electron chi connectivity index (χ2n) is 4.42. The van der Waals surface area contributed by atoms with Crippen LogP contribution in [0.4, 0.5) is 0 Å². The van der Waals surface area contributed by atoms with Gasteiger partial charge in [0.05, 0.1) is 7.11 Å². The minimum Gasteiger partial charge on any atom is -0.469 e. The highest BCUT2D eigenvalue weighted by molar-refractivity contribution is 5.69. The van der Waals surface area contributed by atoms with Crippen molar-refractivity contribution >= 4 is 5.97 Å². The highest BCUT2D eigenvalue weighted by Gasteiger charge is 2.22. The van der Waals surface area contributed by atoms with Crippen molar-refractivity contribution in [2.45, 2.75) is 31.7 Å².